The Morgan fingerprint density at radius 2 is 1.80 bits per heavy atom. The normalized spacial score (nSPS) is 11.2. The molecule has 6 nitrogen and oxygen atoms in total. The van der Waals surface area contributed by atoms with Crippen LogP contribution in [0.3, 0.4) is 0 Å². The summed E-state index contributed by atoms with van der Waals surface area (Å²) in [5.41, 5.74) is 0. The smallest absolute Gasteiger partial charge is 0.193 e. The maximum absolute atomic E-state index is 5.75. The van der Waals surface area contributed by atoms with Crippen LogP contribution in [0.5, 0.6) is 5.75 Å². The van der Waals surface area contributed by atoms with Gasteiger partial charge in [-0.15, -0.1) is 24.0 Å². The van der Waals surface area contributed by atoms with Gasteiger partial charge in [0.1, 0.15) is 12.4 Å². The fourth-order valence-electron chi connectivity index (χ4n) is 2.08. The lowest BCUT2D eigenvalue weighted by molar-refractivity contribution is 0.163. The summed E-state index contributed by atoms with van der Waals surface area (Å²) in [6, 6.07) is 9.87. The first kappa shape index (κ1) is 23.9. The number of hydrogen-bond donors (Lipinski definition) is 1. The second-order valence-corrected chi connectivity index (χ2v) is 5.61. The average molecular weight is 464 g/mol. The number of para-hydroxylation sites is 1. The fraction of sp³-hybridized carbons (Fsp3) is 0.611. The summed E-state index contributed by atoms with van der Waals surface area (Å²) in [5.74, 6) is 1.81. The number of nitrogens with one attached hydrogen (secondary N) is 1. The standard InChI is InChI=1S/C18H32N4O2.HI/c1-5-19-18(20-11-12-21(2)13-15-23-4)22(3)14-16-24-17-9-7-6-8-10-17;/h6-10H,5,11-16H2,1-4H3,(H,19,20);1H. The van der Waals surface area contributed by atoms with Crippen LogP contribution in [-0.2, 0) is 4.74 Å². The van der Waals surface area contributed by atoms with Crippen molar-refractivity contribution in [3.63, 3.8) is 0 Å². The molecular weight excluding hydrogens is 431 g/mol. The van der Waals surface area contributed by atoms with E-state index in [0.717, 1.165) is 51.0 Å². The zero-order valence-corrected chi connectivity index (χ0v) is 18.2. The van der Waals surface area contributed by atoms with Crippen molar-refractivity contribution in [1.29, 1.82) is 0 Å². The molecule has 0 bridgehead atoms. The molecule has 1 aromatic rings. The maximum atomic E-state index is 5.75. The van der Waals surface area contributed by atoms with Gasteiger partial charge in [-0.05, 0) is 26.1 Å². The predicted molar refractivity (Wildman–Crippen MR) is 115 cm³/mol. The molecule has 1 rings (SSSR count). The van der Waals surface area contributed by atoms with Gasteiger partial charge in [-0.1, -0.05) is 18.2 Å². The van der Waals surface area contributed by atoms with Gasteiger partial charge in [0.15, 0.2) is 5.96 Å². The number of benzene rings is 1. The summed E-state index contributed by atoms with van der Waals surface area (Å²) in [4.78, 5) is 9.00. The van der Waals surface area contributed by atoms with E-state index in [0.29, 0.717) is 6.61 Å². The van der Waals surface area contributed by atoms with Crippen molar-refractivity contribution in [3.05, 3.63) is 30.3 Å². The summed E-state index contributed by atoms with van der Waals surface area (Å²) in [6.45, 7) is 7.66. The second kappa shape index (κ2) is 15.2. The number of nitrogens with zero attached hydrogens (tertiary/aromatic N) is 3. The first-order valence-corrected chi connectivity index (χ1v) is 8.52. The minimum Gasteiger partial charge on any atom is -0.492 e. The molecule has 0 aliphatic carbocycles. The number of guanidine groups is 1. The lowest BCUT2D eigenvalue weighted by Crippen LogP contribution is -2.41. The van der Waals surface area contributed by atoms with E-state index in [4.69, 9.17) is 9.47 Å². The molecule has 0 atom stereocenters. The number of methoxy groups -OCH3 is 1. The molecule has 0 saturated carbocycles. The van der Waals surface area contributed by atoms with Crippen LogP contribution in [0, 0.1) is 0 Å². The highest BCUT2D eigenvalue weighted by atomic mass is 127. The van der Waals surface area contributed by atoms with Crippen molar-refractivity contribution in [3.8, 4) is 5.75 Å². The van der Waals surface area contributed by atoms with Crippen LogP contribution in [0.15, 0.2) is 35.3 Å². The molecule has 0 aromatic heterocycles. The van der Waals surface area contributed by atoms with Gasteiger partial charge >= 0.3 is 0 Å². The second-order valence-electron chi connectivity index (χ2n) is 5.61. The van der Waals surface area contributed by atoms with Crippen LogP contribution in [0.2, 0.25) is 0 Å². The van der Waals surface area contributed by atoms with Crippen molar-refractivity contribution < 1.29 is 9.47 Å². The monoisotopic (exact) mass is 464 g/mol. The molecule has 0 fully saturated rings. The van der Waals surface area contributed by atoms with Gasteiger partial charge in [-0.25, -0.2) is 0 Å². The molecule has 7 heteroatoms. The van der Waals surface area contributed by atoms with E-state index < -0.39 is 0 Å². The van der Waals surface area contributed by atoms with Crippen LogP contribution in [0.4, 0.5) is 0 Å². The quantitative estimate of drug-likeness (QED) is 0.309. The van der Waals surface area contributed by atoms with Crippen molar-refractivity contribution in [2.45, 2.75) is 6.92 Å². The number of hydrogen-bond acceptors (Lipinski definition) is 4. The molecule has 25 heavy (non-hydrogen) atoms. The highest BCUT2D eigenvalue weighted by Gasteiger charge is 2.06. The third-order valence-electron chi connectivity index (χ3n) is 3.56. The topological polar surface area (TPSA) is 49.3 Å². The van der Waals surface area contributed by atoms with Gasteiger partial charge in [0, 0.05) is 33.8 Å². The molecule has 0 saturated heterocycles. The highest BCUT2D eigenvalue weighted by Crippen LogP contribution is 2.07. The van der Waals surface area contributed by atoms with E-state index in [1.165, 1.54) is 0 Å². The maximum Gasteiger partial charge on any atom is 0.193 e. The van der Waals surface area contributed by atoms with Crippen LogP contribution in [-0.4, -0.2) is 82.9 Å². The minimum atomic E-state index is 0. The molecule has 0 aliphatic rings. The number of likely N-dealkylation sites (N-methyl/N-ethyl adjacent to an activating group) is 2. The summed E-state index contributed by atoms with van der Waals surface area (Å²) in [5, 5.41) is 3.33. The Balaban J connectivity index is 0.00000576. The summed E-state index contributed by atoms with van der Waals surface area (Å²) in [6.07, 6.45) is 0. The molecule has 0 heterocycles. The number of halogens is 1. The third-order valence-corrected chi connectivity index (χ3v) is 3.56. The SMILES string of the molecule is CCNC(=NCCN(C)CCOC)N(C)CCOc1ccccc1.I. The van der Waals surface area contributed by atoms with Gasteiger partial charge in [-0.3, -0.25) is 4.99 Å². The minimum absolute atomic E-state index is 0. The zero-order chi connectivity index (χ0) is 17.6. The Morgan fingerprint density at radius 1 is 1.08 bits per heavy atom. The molecule has 1 aromatic carbocycles. The molecular formula is C18H33IN4O2. The van der Waals surface area contributed by atoms with E-state index in [-0.39, 0.29) is 24.0 Å². The van der Waals surface area contributed by atoms with Gasteiger partial charge in [0.25, 0.3) is 0 Å². The van der Waals surface area contributed by atoms with Gasteiger partial charge < -0.3 is 24.6 Å². The Labute approximate surface area is 169 Å². The molecule has 144 valence electrons. The molecule has 0 radical (unpaired) electrons. The third kappa shape index (κ3) is 11.2. The molecule has 0 amide bonds. The molecule has 1 N–H and O–H groups in total. The predicted octanol–water partition coefficient (Wildman–Crippen LogP) is 2.16. The molecule has 0 aliphatic heterocycles. The summed E-state index contributed by atoms with van der Waals surface area (Å²) >= 11 is 0. The Bertz CT molecular complexity index is 460. The lowest BCUT2D eigenvalue weighted by atomic mass is 10.3. The summed E-state index contributed by atoms with van der Waals surface area (Å²) in [7, 11) is 5.84. The van der Waals surface area contributed by atoms with Gasteiger partial charge in [0.2, 0.25) is 0 Å². The van der Waals surface area contributed by atoms with Crippen molar-refractivity contribution in [2.24, 2.45) is 4.99 Å². The van der Waals surface area contributed by atoms with Crippen LogP contribution in [0.1, 0.15) is 6.92 Å². The average Bonchev–Trinajstić information content (AvgIpc) is 2.60. The summed E-state index contributed by atoms with van der Waals surface area (Å²) < 4.78 is 10.8. The number of ether oxygens (including phenoxy) is 2. The van der Waals surface area contributed by atoms with Crippen LogP contribution in [0.25, 0.3) is 0 Å². The highest BCUT2D eigenvalue weighted by molar-refractivity contribution is 14.0. The van der Waals surface area contributed by atoms with E-state index in [9.17, 15) is 0 Å². The van der Waals surface area contributed by atoms with E-state index in [1.54, 1.807) is 7.11 Å². The first-order valence-electron chi connectivity index (χ1n) is 8.52. The lowest BCUT2D eigenvalue weighted by Gasteiger charge is -2.22. The molecule has 0 spiro atoms. The Hall–Kier alpha value is -1.06. The van der Waals surface area contributed by atoms with Crippen LogP contribution >= 0.6 is 24.0 Å². The zero-order valence-electron chi connectivity index (χ0n) is 15.9. The van der Waals surface area contributed by atoms with Gasteiger partial charge in [-0.2, -0.15) is 0 Å². The first-order chi connectivity index (χ1) is 11.7. The Kier molecular flexibility index (Phi) is 14.6. The van der Waals surface area contributed by atoms with Crippen LogP contribution < -0.4 is 10.1 Å². The van der Waals surface area contributed by atoms with E-state index >= 15 is 0 Å². The number of aliphatic imine (C=N–C) groups is 1. The van der Waals surface area contributed by atoms with E-state index in [2.05, 4.69) is 34.1 Å². The van der Waals surface area contributed by atoms with Crippen molar-refractivity contribution >= 4 is 29.9 Å². The van der Waals surface area contributed by atoms with Crippen molar-refractivity contribution in [2.75, 3.05) is 67.1 Å². The van der Waals surface area contributed by atoms with E-state index in [1.807, 2.05) is 37.4 Å². The Morgan fingerprint density at radius 3 is 2.44 bits per heavy atom. The van der Waals surface area contributed by atoms with Crippen molar-refractivity contribution in [1.82, 2.24) is 15.1 Å². The number of rotatable bonds is 11. The van der Waals surface area contributed by atoms with Gasteiger partial charge in [0.05, 0.1) is 19.7 Å². The fourth-order valence-corrected chi connectivity index (χ4v) is 2.08. The molecule has 0 unspecified atom stereocenters. The largest absolute Gasteiger partial charge is 0.492 e.